The SMILES string of the molecule is CC1OCCC1N(C)CC(C)(C)C(O)c1ccccc1. The first-order chi connectivity index (χ1) is 9.42. The van der Waals surface area contributed by atoms with Crippen LogP contribution in [0, 0.1) is 5.41 Å². The Morgan fingerprint density at radius 1 is 1.35 bits per heavy atom. The van der Waals surface area contributed by atoms with E-state index in [1.165, 1.54) is 0 Å². The van der Waals surface area contributed by atoms with E-state index < -0.39 is 6.10 Å². The largest absolute Gasteiger partial charge is 0.388 e. The molecule has 112 valence electrons. The monoisotopic (exact) mass is 277 g/mol. The maximum absolute atomic E-state index is 10.6. The van der Waals surface area contributed by atoms with Gasteiger partial charge in [-0.1, -0.05) is 44.2 Å². The molecule has 0 amide bonds. The lowest BCUT2D eigenvalue weighted by molar-refractivity contribution is 0.00597. The van der Waals surface area contributed by atoms with Gasteiger partial charge in [0.25, 0.3) is 0 Å². The maximum Gasteiger partial charge on any atom is 0.0853 e. The van der Waals surface area contributed by atoms with E-state index in [2.05, 4.69) is 32.7 Å². The lowest BCUT2D eigenvalue weighted by Gasteiger charge is -2.38. The number of ether oxygens (including phenoxy) is 1. The van der Waals surface area contributed by atoms with Crippen LogP contribution in [-0.2, 0) is 4.74 Å². The summed E-state index contributed by atoms with van der Waals surface area (Å²) in [6.45, 7) is 8.08. The fourth-order valence-corrected chi connectivity index (χ4v) is 3.23. The van der Waals surface area contributed by atoms with Crippen molar-refractivity contribution >= 4 is 0 Å². The highest BCUT2D eigenvalue weighted by atomic mass is 16.5. The molecule has 3 heteroatoms. The molecule has 1 aliphatic heterocycles. The zero-order valence-electron chi connectivity index (χ0n) is 13.0. The molecule has 20 heavy (non-hydrogen) atoms. The summed E-state index contributed by atoms with van der Waals surface area (Å²) in [6.07, 6.45) is 0.906. The second-order valence-electron chi connectivity index (χ2n) is 6.65. The van der Waals surface area contributed by atoms with Crippen LogP contribution in [0.3, 0.4) is 0 Å². The predicted molar refractivity (Wildman–Crippen MR) is 81.6 cm³/mol. The average molecular weight is 277 g/mol. The Balaban J connectivity index is 2.03. The molecule has 1 aromatic rings. The molecule has 2 rings (SSSR count). The van der Waals surface area contributed by atoms with Gasteiger partial charge in [-0.15, -0.1) is 0 Å². The molecule has 0 aliphatic carbocycles. The van der Waals surface area contributed by atoms with Crippen molar-refractivity contribution in [2.75, 3.05) is 20.2 Å². The van der Waals surface area contributed by atoms with Crippen molar-refractivity contribution in [1.82, 2.24) is 4.90 Å². The van der Waals surface area contributed by atoms with Gasteiger partial charge in [0.1, 0.15) is 0 Å². The van der Waals surface area contributed by atoms with Crippen LogP contribution in [0.25, 0.3) is 0 Å². The highest BCUT2D eigenvalue weighted by molar-refractivity contribution is 5.19. The summed E-state index contributed by atoms with van der Waals surface area (Å²) in [5.41, 5.74) is 0.792. The summed E-state index contributed by atoms with van der Waals surface area (Å²) < 4.78 is 5.64. The molecule has 1 fully saturated rings. The predicted octanol–water partition coefficient (Wildman–Crippen LogP) is 2.86. The molecule has 3 nitrogen and oxygen atoms in total. The first-order valence-electron chi connectivity index (χ1n) is 7.46. The molecular weight excluding hydrogens is 250 g/mol. The van der Waals surface area contributed by atoms with Crippen molar-refractivity contribution in [3.05, 3.63) is 35.9 Å². The van der Waals surface area contributed by atoms with E-state index in [9.17, 15) is 5.11 Å². The maximum atomic E-state index is 10.6. The zero-order valence-corrected chi connectivity index (χ0v) is 13.0. The average Bonchev–Trinajstić information content (AvgIpc) is 2.84. The molecule has 1 saturated heterocycles. The molecule has 3 unspecified atom stereocenters. The van der Waals surface area contributed by atoms with Gasteiger partial charge in [-0.2, -0.15) is 0 Å². The molecule has 0 bridgehead atoms. The Bertz CT molecular complexity index is 418. The molecular formula is C17H27NO2. The zero-order chi connectivity index (χ0) is 14.8. The normalized spacial score (nSPS) is 25.1. The molecule has 0 saturated carbocycles. The van der Waals surface area contributed by atoms with Crippen molar-refractivity contribution < 1.29 is 9.84 Å². The minimum Gasteiger partial charge on any atom is -0.388 e. The highest BCUT2D eigenvalue weighted by Gasteiger charge is 2.35. The molecule has 0 aromatic heterocycles. The Morgan fingerprint density at radius 3 is 2.55 bits per heavy atom. The Labute approximate surface area is 122 Å². The van der Waals surface area contributed by atoms with Crippen LogP contribution in [0.4, 0.5) is 0 Å². The second kappa shape index (κ2) is 6.25. The highest BCUT2D eigenvalue weighted by Crippen LogP contribution is 2.35. The van der Waals surface area contributed by atoms with Crippen molar-refractivity contribution in [2.45, 2.75) is 45.4 Å². The van der Waals surface area contributed by atoms with Gasteiger partial charge in [-0.05, 0) is 26.0 Å². The van der Waals surface area contributed by atoms with Gasteiger partial charge >= 0.3 is 0 Å². The molecule has 1 N–H and O–H groups in total. The van der Waals surface area contributed by atoms with E-state index in [1.54, 1.807) is 0 Å². The van der Waals surface area contributed by atoms with E-state index >= 15 is 0 Å². The van der Waals surface area contributed by atoms with Crippen molar-refractivity contribution in [1.29, 1.82) is 0 Å². The van der Waals surface area contributed by atoms with Crippen molar-refractivity contribution in [2.24, 2.45) is 5.41 Å². The van der Waals surface area contributed by atoms with E-state index in [1.807, 2.05) is 30.3 Å². The number of likely N-dealkylation sites (N-methyl/N-ethyl adjacent to an activating group) is 1. The third kappa shape index (κ3) is 3.40. The van der Waals surface area contributed by atoms with Gasteiger partial charge in [-0.3, -0.25) is 0 Å². The third-order valence-corrected chi connectivity index (χ3v) is 4.41. The number of rotatable bonds is 5. The number of aliphatic hydroxyl groups is 1. The molecule has 1 heterocycles. The van der Waals surface area contributed by atoms with Crippen LogP contribution in [0.15, 0.2) is 30.3 Å². The number of hydrogen-bond donors (Lipinski definition) is 1. The minimum atomic E-state index is -0.455. The Morgan fingerprint density at radius 2 is 2.00 bits per heavy atom. The van der Waals surface area contributed by atoms with Gasteiger partial charge in [0.2, 0.25) is 0 Å². The lowest BCUT2D eigenvalue weighted by Crippen LogP contribution is -2.44. The minimum absolute atomic E-state index is 0.196. The lowest BCUT2D eigenvalue weighted by atomic mass is 9.81. The number of hydrogen-bond acceptors (Lipinski definition) is 3. The topological polar surface area (TPSA) is 32.7 Å². The number of nitrogens with zero attached hydrogens (tertiary/aromatic N) is 1. The fraction of sp³-hybridized carbons (Fsp3) is 0.647. The number of aliphatic hydroxyl groups excluding tert-OH is 1. The third-order valence-electron chi connectivity index (χ3n) is 4.41. The Kier molecular flexibility index (Phi) is 4.84. The van der Waals surface area contributed by atoms with Gasteiger partial charge < -0.3 is 14.7 Å². The molecule has 0 spiro atoms. The summed E-state index contributed by atoms with van der Waals surface area (Å²) in [5, 5.41) is 10.6. The Hall–Kier alpha value is -0.900. The van der Waals surface area contributed by atoms with Crippen LogP contribution in [-0.4, -0.2) is 42.4 Å². The van der Waals surface area contributed by atoms with Crippen LogP contribution in [0.1, 0.15) is 38.9 Å². The first kappa shape index (κ1) is 15.5. The summed E-state index contributed by atoms with van der Waals surface area (Å²) in [7, 11) is 2.13. The number of benzene rings is 1. The van der Waals surface area contributed by atoms with E-state index in [4.69, 9.17) is 4.74 Å². The molecule has 3 atom stereocenters. The van der Waals surface area contributed by atoms with E-state index in [0.717, 1.165) is 25.1 Å². The van der Waals surface area contributed by atoms with Gasteiger partial charge in [0, 0.05) is 24.6 Å². The van der Waals surface area contributed by atoms with E-state index in [0.29, 0.717) is 6.04 Å². The van der Waals surface area contributed by atoms with Crippen molar-refractivity contribution in [3.8, 4) is 0 Å². The molecule has 0 radical (unpaired) electrons. The van der Waals surface area contributed by atoms with Crippen LogP contribution < -0.4 is 0 Å². The summed E-state index contributed by atoms with van der Waals surface area (Å²) >= 11 is 0. The van der Waals surface area contributed by atoms with Gasteiger partial charge in [-0.25, -0.2) is 0 Å². The molecule has 1 aromatic carbocycles. The standard InChI is InChI=1S/C17H27NO2/c1-13-15(10-11-20-13)18(4)12-17(2,3)16(19)14-8-6-5-7-9-14/h5-9,13,15-16,19H,10-12H2,1-4H3. The smallest absolute Gasteiger partial charge is 0.0853 e. The van der Waals surface area contributed by atoms with Crippen molar-refractivity contribution in [3.63, 3.8) is 0 Å². The van der Waals surface area contributed by atoms with Crippen LogP contribution in [0.2, 0.25) is 0 Å². The summed E-state index contributed by atoms with van der Waals surface area (Å²) in [4.78, 5) is 2.34. The summed E-state index contributed by atoms with van der Waals surface area (Å²) in [5.74, 6) is 0. The first-order valence-corrected chi connectivity index (χ1v) is 7.46. The van der Waals surface area contributed by atoms with Crippen LogP contribution >= 0.6 is 0 Å². The fourth-order valence-electron chi connectivity index (χ4n) is 3.23. The van der Waals surface area contributed by atoms with Gasteiger partial charge in [0.05, 0.1) is 12.2 Å². The molecule has 1 aliphatic rings. The van der Waals surface area contributed by atoms with Crippen LogP contribution in [0.5, 0.6) is 0 Å². The quantitative estimate of drug-likeness (QED) is 0.898. The van der Waals surface area contributed by atoms with Gasteiger partial charge in [0.15, 0.2) is 0 Å². The second-order valence-corrected chi connectivity index (χ2v) is 6.65. The van der Waals surface area contributed by atoms with E-state index in [-0.39, 0.29) is 11.5 Å². The summed E-state index contributed by atoms with van der Waals surface area (Å²) in [6, 6.07) is 10.4.